The molecule has 0 fully saturated rings. The molecule has 0 saturated carbocycles. The van der Waals surface area contributed by atoms with Gasteiger partial charge in [0.2, 0.25) is 0 Å². The predicted octanol–water partition coefficient (Wildman–Crippen LogP) is 1.39. The summed E-state index contributed by atoms with van der Waals surface area (Å²) in [6.07, 6.45) is 0. The van der Waals surface area contributed by atoms with Gasteiger partial charge in [-0.2, -0.15) is 0 Å². The van der Waals surface area contributed by atoms with Gasteiger partial charge in [0.15, 0.2) is 5.96 Å². The lowest BCUT2D eigenvalue weighted by atomic mass is 10.1. The Morgan fingerprint density at radius 2 is 1.75 bits per heavy atom. The number of nitrogens with one attached hydrogen (secondary N) is 2. The molecule has 0 saturated heterocycles. The molecule has 0 aliphatic carbocycles. The minimum absolute atomic E-state index is 0.0151. The zero-order chi connectivity index (χ0) is 18.1. The average Bonchev–Trinajstić information content (AvgIpc) is 2.57. The van der Waals surface area contributed by atoms with Crippen molar-refractivity contribution in [2.75, 3.05) is 41.3 Å². The molecule has 0 atom stereocenters. The number of aliphatic imine (C=N–C) groups is 1. The first-order valence-electron chi connectivity index (χ1n) is 8.30. The van der Waals surface area contributed by atoms with E-state index in [-0.39, 0.29) is 5.91 Å². The zero-order valence-electron chi connectivity index (χ0n) is 15.8. The number of hydrogen-bond donors (Lipinski definition) is 2. The van der Waals surface area contributed by atoms with E-state index in [1.54, 1.807) is 26.0 Å². The molecule has 0 heterocycles. The first-order valence-corrected chi connectivity index (χ1v) is 8.30. The van der Waals surface area contributed by atoms with Crippen molar-refractivity contribution in [1.29, 1.82) is 0 Å². The van der Waals surface area contributed by atoms with Crippen LogP contribution in [0.25, 0.3) is 0 Å². The molecule has 6 heteroatoms. The number of nitrogens with zero attached hydrogens (tertiary/aromatic N) is 3. The Labute approximate surface area is 145 Å². The van der Waals surface area contributed by atoms with E-state index in [0.717, 1.165) is 24.6 Å². The number of guanidine groups is 1. The van der Waals surface area contributed by atoms with Gasteiger partial charge < -0.3 is 20.4 Å². The molecule has 134 valence electrons. The first kappa shape index (κ1) is 20.0. The standard InChI is InChI=1S/C18H31N5O/c1-14(2)23(6)12-11-20-18(19-3)21-13-15-7-9-16(10-8-15)17(24)22(4)5/h7-10,14H,11-13H2,1-6H3,(H2,19,20,21). The van der Waals surface area contributed by atoms with Gasteiger partial charge in [0, 0.05) is 52.4 Å². The van der Waals surface area contributed by atoms with Crippen molar-refractivity contribution in [2.24, 2.45) is 4.99 Å². The Morgan fingerprint density at radius 1 is 1.12 bits per heavy atom. The molecule has 0 radical (unpaired) electrons. The Hall–Kier alpha value is -2.08. The summed E-state index contributed by atoms with van der Waals surface area (Å²) in [7, 11) is 7.38. The summed E-state index contributed by atoms with van der Waals surface area (Å²) >= 11 is 0. The number of benzene rings is 1. The van der Waals surface area contributed by atoms with Gasteiger partial charge in [-0.15, -0.1) is 0 Å². The molecule has 1 rings (SSSR count). The van der Waals surface area contributed by atoms with Gasteiger partial charge >= 0.3 is 0 Å². The molecular formula is C18H31N5O. The smallest absolute Gasteiger partial charge is 0.253 e. The van der Waals surface area contributed by atoms with Gasteiger partial charge in [0.25, 0.3) is 5.91 Å². The van der Waals surface area contributed by atoms with Crippen molar-refractivity contribution in [3.63, 3.8) is 0 Å². The normalized spacial score (nSPS) is 11.8. The van der Waals surface area contributed by atoms with E-state index >= 15 is 0 Å². The maximum Gasteiger partial charge on any atom is 0.253 e. The van der Waals surface area contributed by atoms with Gasteiger partial charge in [-0.1, -0.05) is 12.1 Å². The van der Waals surface area contributed by atoms with Gasteiger partial charge in [-0.05, 0) is 38.6 Å². The summed E-state index contributed by atoms with van der Waals surface area (Å²) < 4.78 is 0. The van der Waals surface area contributed by atoms with Crippen LogP contribution in [0.15, 0.2) is 29.3 Å². The SMILES string of the molecule is CN=C(NCCN(C)C(C)C)NCc1ccc(C(=O)N(C)C)cc1. The maximum absolute atomic E-state index is 11.9. The van der Waals surface area contributed by atoms with Crippen molar-refractivity contribution in [3.05, 3.63) is 35.4 Å². The molecule has 2 N–H and O–H groups in total. The molecular weight excluding hydrogens is 302 g/mol. The van der Waals surface area contributed by atoms with Crippen LogP contribution in [0.1, 0.15) is 29.8 Å². The molecule has 0 aliphatic heterocycles. The van der Waals surface area contributed by atoms with Crippen LogP contribution in [0, 0.1) is 0 Å². The van der Waals surface area contributed by atoms with Crippen molar-refractivity contribution in [2.45, 2.75) is 26.4 Å². The summed E-state index contributed by atoms with van der Waals surface area (Å²) in [5, 5.41) is 6.59. The van der Waals surface area contributed by atoms with Crippen LogP contribution in [0.2, 0.25) is 0 Å². The van der Waals surface area contributed by atoms with Crippen LogP contribution in [-0.2, 0) is 6.54 Å². The van der Waals surface area contributed by atoms with Gasteiger partial charge in [0.1, 0.15) is 0 Å². The van der Waals surface area contributed by atoms with Crippen molar-refractivity contribution >= 4 is 11.9 Å². The van der Waals surface area contributed by atoms with Gasteiger partial charge in [-0.3, -0.25) is 9.79 Å². The summed E-state index contributed by atoms with van der Waals surface area (Å²) in [5.41, 5.74) is 1.80. The van der Waals surface area contributed by atoms with Crippen LogP contribution >= 0.6 is 0 Å². The third kappa shape index (κ3) is 6.58. The second-order valence-corrected chi connectivity index (χ2v) is 6.32. The minimum Gasteiger partial charge on any atom is -0.355 e. The number of likely N-dealkylation sites (N-methyl/N-ethyl adjacent to an activating group) is 1. The largest absolute Gasteiger partial charge is 0.355 e. The highest BCUT2D eigenvalue weighted by Gasteiger charge is 2.07. The summed E-state index contributed by atoms with van der Waals surface area (Å²) in [5.74, 6) is 0.793. The van der Waals surface area contributed by atoms with Crippen LogP contribution in [0.3, 0.4) is 0 Å². The lowest BCUT2D eigenvalue weighted by molar-refractivity contribution is 0.0827. The van der Waals surface area contributed by atoms with E-state index < -0.39 is 0 Å². The van der Waals surface area contributed by atoms with E-state index in [1.165, 1.54) is 0 Å². The molecule has 1 aromatic rings. The van der Waals surface area contributed by atoms with E-state index in [1.807, 2.05) is 24.3 Å². The fourth-order valence-corrected chi connectivity index (χ4v) is 2.04. The van der Waals surface area contributed by atoms with Crippen LogP contribution in [0.5, 0.6) is 0 Å². The number of hydrogen-bond acceptors (Lipinski definition) is 3. The molecule has 1 amide bonds. The lowest BCUT2D eigenvalue weighted by Gasteiger charge is -2.21. The highest BCUT2D eigenvalue weighted by Crippen LogP contribution is 2.06. The van der Waals surface area contributed by atoms with Gasteiger partial charge in [0.05, 0.1) is 0 Å². The summed E-state index contributed by atoms with van der Waals surface area (Å²) in [6.45, 7) is 6.82. The van der Waals surface area contributed by atoms with E-state index in [2.05, 4.69) is 41.4 Å². The second-order valence-electron chi connectivity index (χ2n) is 6.32. The Kier molecular flexibility index (Phi) is 8.26. The minimum atomic E-state index is 0.0151. The molecule has 24 heavy (non-hydrogen) atoms. The van der Waals surface area contributed by atoms with Crippen LogP contribution in [0.4, 0.5) is 0 Å². The predicted molar refractivity (Wildman–Crippen MR) is 100 cm³/mol. The lowest BCUT2D eigenvalue weighted by Crippen LogP contribution is -2.41. The number of rotatable bonds is 7. The monoisotopic (exact) mass is 333 g/mol. The molecule has 0 unspecified atom stereocenters. The van der Waals surface area contributed by atoms with E-state index in [4.69, 9.17) is 0 Å². The quantitative estimate of drug-likeness (QED) is 0.585. The highest BCUT2D eigenvalue weighted by molar-refractivity contribution is 5.93. The maximum atomic E-state index is 11.9. The first-order chi connectivity index (χ1) is 11.3. The van der Waals surface area contributed by atoms with Crippen LogP contribution < -0.4 is 10.6 Å². The summed E-state index contributed by atoms with van der Waals surface area (Å²) in [6, 6.07) is 8.16. The van der Waals surface area contributed by atoms with Gasteiger partial charge in [-0.25, -0.2) is 0 Å². The number of carbonyl (C=O) groups excluding carboxylic acids is 1. The Bertz CT molecular complexity index is 537. The van der Waals surface area contributed by atoms with Crippen LogP contribution in [-0.4, -0.2) is 69.0 Å². The molecule has 0 aromatic heterocycles. The number of amides is 1. The average molecular weight is 333 g/mol. The highest BCUT2D eigenvalue weighted by atomic mass is 16.2. The van der Waals surface area contributed by atoms with Crippen molar-refractivity contribution in [3.8, 4) is 0 Å². The fourth-order valence-electron chi connectivity index (χ4n) is 2.04. The third-order valence-electron chi connectivity index (χ3n) is 3.93. The Balaban J connectivity index is 2.45. The molecule has 1 aromatic carbocycles. The molecule has 0 bridgehead atoms. The second kappa shape index (κ2) is 9.93. The third-order valence-corrected chi connectivity index (χ3v) is 3.93. The van der Waals surface area contributed by atoms with Crippen molar-refractivity contribution < 1.29 is 4.79 Å². The molecule has 6 nitrogen and oxygen atoms in total. The Morgan fingerprint density at radius 3 is 2.25 bits per heavy atom. The van der Waals surface area contributed by atoms with E-state index in [9.17, 15) is 4.79 Å². The summed E-state index contributed by atoms with van der Waals surface area (Å²) in [4.78, 5) is 20.0. The van der Waals surface area contributed by atoms with Crippen molar-refractivity contribution in [1.82, 2.24) is 20.4 Å². The zero-order valence-corrected chi connectivity index (χ0v) is 15.8. The topological polar surface area (TPSA) is 60.0 Å². The molecule has 0 aliphatic rings. The number of carbonyl (C=O) groups is 1. The van der Waals surface area contributed by atoms with E-state index in [0.29, 0.717) is 18.2 Å². The fraction of sp³-hybridized carbons (Fsp3) is 0.556. The molecule has 0 spiro atoms.